The third-order valence-corrected chi connectivity index (χ3v) is 3.80. The van der Waals surface area contributed by atoms with E-state index in [2.05, 4.69) is 0 Å². The highest BCUT2D eigenvalue weighted by Crippen LogP contribution is 2.39. The van der Waals surface area contributed by atoms with Crippen molar-refractivity contribution in [3.63, 3.8) is 0 Å². The molecule has 1 fully saturated rings. The molecule has 0 aliphatic heterocycles. The Kier molecular flexibility index (Phi) is 4.04. The van der Waals surface area contributed by atoms with Gasteiger partial charge in [0.1, 0.15) is 0 Å². The van der Waals surface area contributed by atoms with Gasteiger partial charge >= 0.3 is 6.18 Å². The summed E-state index contributed by atoms with van der Waals surface area (Å²) in [7, 11) is 1.72. The lowest BCUT2D eigenvalue weighted by atomic mass is 10.1. The lowest BCUT2D eigenvalue weighted by molar-refractivity contribution is -0.137. The van der Waals surface area contributed by atoms with E-state index < -0.39 is 11.7 Å². The monoisotopic (exact) mass is 273 g/mol. The topological polar surface area (TPSA) is 23.5 Å². The summed E-state index contributed by atoms with van der Waals surface area (Å²) in [4.78, 5) is 1.73. The first-order valence-corrected chi connectivity index (χ1v) is 6.47. The minimum atomic E-state index is -4.40. The molecule has 106 valence electrons. The molecule has 0 atom stereocenters. The predicted molar refractivity (Wildman–Crippen MR) is 68.0 cm³/mol. The highest BCUT2D eigenvalue weighted by Gasteiger charge is 2.36. The summed E-state index contributed by atoms with van der Waals surface area (Å²) in [6.45, 7) is -0.378. The molecule has 2 nitrogen and oxygen atoms in total. The SMILES string of the molecule is CN(c1ccc(CO)cc1C(F)(F)F)C1CCCC1. The van der Waals surface area contributed by atoms with Gasteiger partial charge in [-0.25, -0.2) is 0 Å². The molecule has 0 aromatic heterocycles. The van der Waals surface area contributed by atoms with Crippen molar-refractivity contribution in [2.24, 2.45) is 0 Å². The molecule has 1 N–H and O–H groups in total. The maximum absolute atomic E-state index is 13.1. The number of benzene rings is 1. The van der Waals surface area contributed by atoms with E-state index in [0.29, 0.717) is 0 Å². The summed E-state index contributed by atoms with van der Waals surface area (Å²) >= 11 is 0. The molecule has 0 heterocycles. The van der Waals surface area contributed by atoms with Gasteiger partial charge in [0.2, 0.25) is 0 Å². The maximum Gasteiger partial charge on any atom is 0.418 e. The molecular formula is C14H18F3NO. The van der Waals surface area contributed by atoms with Crippen LogP contribution in [0.15, 0.2) is 18.2 Å². The summed E-state index contributed by atoms with van der Waals surface area (Å²) in [5, 5.41) is 8.99. The molecule has 0 bridgehead atoms. The molecule has 1 aliphatic carbocycles. The average molecular weight is 273 g/mol. The van der Waals surface area contributed by atoms with Crippen molar-refractivity contribution in [2.45, 2.75) is 44.5 Å². The van der Waals surface area contributed by atoms with Crippen molar-refractivity contribution in [1.29, 1.82) is 0 Å². The standard InChI is InChI=1S/C14H18F3NO/c1-18(11-4-2-3-5-11)13-7-6-10(9-19)8-12(13)14(15,16)17/h6-8,11,19H,2-5,9H2,1H3. The molecule has 0 amide bonds. The number of anilines is 1. The van der Waals surface area contributed by atoms with Crippen LogP contribution in [0.4, 0.5) is 18.9 Å². The van der Waals surface area contributed by atoms with Gasteiger partial charge in [0, 0.05) is 18.8 Å². The normalized spacial score (nSPS) is 16.9. The Bertz CT molecular complexity index is 439. The number of rotatable bonds is 3. The van der Waals surface area contributed by atoms with Crippen molar-refractivity contribution in [3.8, 4) is 0 Å². The molecule has 19 heavy (non-hydrogen) atoms. The fourth-order valence-corrected chi connectivity index (χ4v) is 2.70. The molecule has 1 saturated carbocycles. The van der Waals surface area contributed by atoms with Gasteiger partial charge in [-0.3, -0.25) is 0 Å². The number of aliphatic hydroxyl groups excluding tert-OH is 1. The van der Waals surface area contributed by atoms with E-state index in [1.807, 2.05) is 0 Å². The number of hydrogen-bond acceptors (Lipinski definition) is 2. The molecule has 0 unspecified atom stereocenters. The minimum Gasteiger partial charge on any atom is -0.392 e. The average Bonchev–Trinajstić information content (AvgIpc) is 2.90. The highest BCUT2D eigenvalue weighted by atomic mass is 19.4. The first kappa shape index (κ1) is 14.2. The van der Waals surface area contributed by atoms with Gasteiger partial charge in [-0.05, 0) is 30.5 Å². The van der Waals surface area contributed by atoms with E-state index >= 15 is 0 Å². The first-order chi connectivity index (χ1) is 8.93. The van der Waals surface area contributed by atoms with E-state index in [0.717, 1.165) is 31.7 Å². The van der Waals surface area contributed by atoms with Gasteiger partial charge in [0.15, 0.2) is 0 Å². The Morgan fingerprint density at radius 3 is 2.42 bits per heavy atom. The highest BCUT2D eigenvalue weighted by molar-refractivity contribution is 5.56. The minimum absolute atomic E-state index is 0.182. The van der Waals surface area contributed by atoms with Crippen molar-refractivity contribution >= 4 is 5.69 Å². The summed E-state index contributed by atoms with van der Waals surface area (Å²) in [5.74, 6) is 0. The van der Waals surface area contributed by atoms with Crippen LogP contribution < -0.4 is 4.90 Å². The van der Waals surface area contributed by atoms with Crippen LogP contribution in [-0.2, 0) is 12.8 Å². The van der Waals surface area contributed by atoms with Gasteiger partial charge in [-0.1, -0.05) is 18.9 Å². The number of nitrogens with zero attached hydrogens (tertiary/aromatic N) is 1. The van der Waals surface area contributed by atoms with Crippen molar-refractivity contribution in [3.05, 3.63) is 29.3 Å². The second-order valence-electron chi connectivity index (χ2n) is 5.06. The van der Waals surface area contributed by atoms with Crippen LogP contribution in [0.2, 0.25) is 0 Å². The lowest BCUT2D eigenvalue weighted by Gasteiger charge is -2.29. The number of halogens is 3. The molecule has 1 aromatic carbocycles. The van der Waals surface area contributed by atoms with E-state index in [1.54, 1.807) is 18.0 Å². The molecule has 1 aromatic rings. The molecular weight excluding hydrogens is 255 g/mol. The van der Waals surface area contributed by atoms with E-state index in [4.69, 9.17) is 5.11 Å². The third-order valence-electron chi connectivity index (χ3n) is 3.80. The van der Waals surface area contributed by atoms with Gasteiger partial charge in [0.05, 0.1) is 12.2 Å². The summed E-state index contributed by atoms with van der Waals surface area (Å²) in [6, 6.07) is 4.24. The van der Waals surface area contributed by atoms with Crippen LogP contribution in [0.1, 0.15) is 36.8 Å². The molecule has 0 spiro atoms. The van der Waals surface area contributed by atoms with Crippen LogP contribution >= 0.6 is 0 Å². The van der Waals surface area contributed by atoms with Crippen LogP contribution in [-0.4, -0.2) is 18.2 Å². The molecule has 5 heteroatoms. The Balaban J connectivity index is 2.38. The second-order valence-corrected chi connectivity index (χ2v) is 5.06. The van der Waals surface area contributed by atoms with Crippen LogP contribution in [0.25, 0.3) is 0 Å². The zero-order valence-electron chi connectivity index (χ0n) is 10.9. The predicted octanol–water partition coefficient (Wildman–Crippen LogP) is 3.58. The van der Waals surface area contributed by atoms with Crippen LogP contribution in [0.3, 0.4) is 0 Å². The number of alkyl halides is 3. The van der Waals surface area contributed by atoms with Gasteiger partial charge in [-0.15, -0.1) is 0 Å². The Hall–Kier alpha value is -1.23. The Morgan fingerprint density at radius 1 is 1.26 bits per heavy atom. The van der Waals surface area contributed by atoms with Crippen molar-refractivity contribution < 1.29 is 18.3 Å². The van der Waals surface area contributed by atoms with Crippen molar-refractivity contribution in [1.82, 2.24) is 0 Å². The van der Waals surface area contributed by atoms with E-state index in [1.165, 1.54) is 6.07 Å². The number of hydrogen-bond donors (Lipinski definition) is 1. The lowest BCUT2D eigenvalue weighted by Crippen LogP contribution is -2.30. The van der Waals surface area contributed by atoms with Gasteiger partial charge < -0.3 is 10.0 Å². The number of aliphatic hydroxyl groups is 1. The molecule has 2 rings (SSSR count). The maximum atomic E-state index is 13.1. The molecule has 0 radical (unpaired) electrons. The summed E-state index contributed by atoms with van der Waals surface area (Å²) in [5.41, 5.74) is -0.166. The van der Waals surface area contributed by atoms with Crippen LogP contribution in [0, 0.1) is 0 Å². The Morgan fingerprint density at radius 2 is 1.89 bits per heavy atom. The molecule has 0 saturated heterocycles. The third kappa shape index (κ3) is 3.03. The fourth-order valence-electron chi connectivity index (χ4n) is 2.70. The van der Waals surface area contributed by atoms with Crippen molar-refractivity contribution in [2.75, 3.05) is 11.9 Å². The van der Waals surface area contributed by atoms with E-state index in [-0.39, 0.29) is 23.9 Å². The summed E-state index contributed by atoms with van der Waals surface area (Å²) < 4.78 is 39.3. The second kappa shape index (κ2) is 5.41. The van der Waals surface area contributed by atoms with E-state index in [9.17, 15) is 13.2 Å². The quantitative estimate of drug-likeness (QED) is 0.910. The largest absolute Gasteiger partial charge is 0.418 e. The zero-order valence-corrected chi connectivity index (χ0v) is 10.9. The zero-order chi connectivity index (χ0) is 14.0. The fraction of sp³-hybridized carbons (Fsp3) is 0.571. The Labute approximate surface area is 110 Å². The van der Waals surface area contributed by atoms with Crippen LogP contribution in [0.5, 0.6) is 0 Å². The molecule has 1 aliphatic rings. The van der Waals surface area contributed by atoms with Gasteiger partial charge in [0.25, 0.3) is 0 Å². The first-order valence-electron chi connectivity index (χ1n) is 6.47. The van der Waals surface area contributed by atoms with Gasteiger partial charge in [-0.2, -0.15) is 13.2 Å². The summed E-state index contributed by atoms with van der Waals surface area (Å²) in [6.07, 6.45) is -0.366. The smallest absolute Gasteiger partial charge is 0.392 e.